The number of imidazole rings is 1. The number of aryl methyl sites for hydroxylation is 2. The van der Waals surface area contributed by atoms with Gasteiger partial charge in [0.1, 0.15) is 17.7 Å². The molecule has 0 aliphatic rings. The average Bonchev–Trinajstić information content (AvgIpc) is 2.99. The van der Waals surface area contributed by atoms with Gasteiger partial charge >= 0.3 is 5.69 Å². The van der Waals surface area contributed by atoms with Crippen LogP contribution in [0.1, 0.15) is 16.2 Å². The number of carbonyl (C=O) groups is 1. The lowest BCUT2D eigenvalue weighted by Crippen LogP contribution is -2.33. The van der Waals surface area contributed by atoms with Gasteiger partial charge in [0.25, 0.3) is 5.91 Å². The average molecular weight is 272 g/mol. The highest BCUT2D eigenvalue weighted by molar-refractivity contribution is 5.98. The Kier molecular flexibility index (Phi) is 2.63. The fourth-order valence-corrected chi connectivity index (χ4v) is 1.88. The number of nitrogens with one attached hydrogen (secondary N) is 1. The highest BCUT2D eigenvalue weighted by Crippen LogP contribution is 2.08. The van der Waals surface area contributed by atoms with Crippen LogP contribution in [0.5, 0.6) is 0 Å². The van der Waals surface area contributed by atoms with Crippen molar-refractivity contribution in [3.8, 4) is 0 Å². The van der Waals surface area contributed by atoms with Crippen molar-refractivity contribution in [2.24, 2.45) is 7.05 Å². The molecule has 0 unspecified atom stereocenters. The molecule has 20 heavy (non-hydrogen) atoms. The van der Waals surface area contributed by atoms with Crippen molar-refractivity contribution in [3.63, 3.8) is 0 Å². The van der Waals surface area contributed by atoms with E-state index in [1.807, 2.05) is 19.1 Å². The van der Waals surface area contributed by atoms with Gasteiger partial charge in [-0.25, -0.2) is 14.5 Å². The molecule has 0 atom stereocenters. The smallest absolute Gasteiger partial charge is 0.304 e. The van der Waals surface area contributed by atoms with Crippen LogP contribution in [-0.4, -0.2) is 29.7 Å². The third kappa shape index (κ3) is 1.87. The minimum Gasteiger partial charge on any atom is -0.304 e. The number of pyridine rings is 1. The van der Waals surface area contributed by atoms with Crippen LogP contribution in [0.15, 0.2) is 35.5 Å². The standard InChI is InChI=1S/C12H12N6O2/c1-8-4-3-5-10-14-9(6-17(8)10)11(19)15-18-7-13-16(2)12(18)20/h3-7H,1-2H3,(H,15,19). The molecule has 0 aliphatic heterocycles. The zero-order valence-corrected chi connectivity index (χ0v) is 10.9. The SMILES string of the molecule is Cc1cccc2nc(C(=O)Nn3cnn(C)c3=O)cn12. The Balaban J connectivity index is 1.95. The van der Waals surface area contributed by atoms with E-state index >= 15 is 0 Å². The minimum atomic E-state index is -0.469. The van der Waals surface area contributed by atoms with Gasteiger partial charge in [0.15, 0.2) is 0 Å². The monoisotopic (exact) mass is 272 g/mol. The summed E-state index contributed by atoms with van der Waals surface area (Å²) in [5, 5.41) is 3.75. The first-order valence-corrected chi connectivity index (χ1v) is 5.93. The summed E-state index contributed by atoms with van der Waals surface area (Å²) in [6, 6.07) is 5.59. The minimum absolute atomic E-state index is 0.232. The Morgan fingerprint density at radius 1 is 1.35 bits per heavy atom. The van der Waals surface area contributed by atoms with Crippen LogP contribution in [0.25, 0.3) is 5.65 Å². The maximum absolute atomic E-state index is 12.1. The molecule has 0 radical (unpaired) electrons. The molecule has 0 fully saturated rings. The molecular formula is C12H12N6O2. The third-order valence-corrected chi connectivity index (χ3v) is 2.97. The van der Waals surface area contributed by atoms with E-state index in [4.69, 9.17) is 0 Å². The first-order valence-electron chi connectivity index (χ1n) is 5.93. The van der Waals surface area contributed by atoms with Gasteiger partial charge in [0.2, 0.25) is 0 Å². The molecule has 0 aromatic carbocycles. The molecule has 8 nitrogen and oxygen atoms in total. The van der Waals surface area contributed by atoms with Crippen molar-refractivity contribution in [2.75, 3.05) is 5.43 Å². The summed E-state index contributed by atoms with van der Waals surface area (Å²) in [7, 11) is 1.50. The summed E-state index contributed by atoms with van der Waals surface area (Å²) in [6.45, 7) is 1.92. The van der Waals surface area contributed by atoms with Gasteiger partial charge in [-0.15, -0.1) is 0 Å². The van der Waals surface area contributed by atoms with Crippen molar-refractivity contribution >= 4 is 11.6 Å². The van der Waals surface area contributed by atoms with Crippen LogP contribution in [0.2, 0.25) is 0 Å². The number of amides is 1. The Morgan fingerprint density at radius 2 is 2.15 bits per heavy atom. The topological polar surface area (TPSA) is 86.2 Å². The lowest BCUT2D eigenvalue weighted by Gasteiger charge is -2.00. The quantitative estimate of drug-likeness (QED) is 0.707. The molecule has 8 heteroatoms. The summed E-state index contributed by atoms with van der Waals surface area (Å²) in [4.78, 5) is 27.9. The van der Waals surface area contributed by atoms with Gasteiger partial charge in [-0.1, -0.05) is 6.07 Å². The number of carbonyl (C=O) groups excluding carboxylic acids is 1. The summed E-state index contributed by atoms with van der Waals surface area (Å²) in [6.07, 6.45) is 2.86. The van der Waals surface area contributed by atoms with Gasteiger partial charge < -0.3 is 4.40 Å². The Morgan fingerprint density at radius 3 is 2.80 bits per heavy atom. The second-order valence-electron chi connectivity index (χ2n) is 4.37. The van der Waals surface area contributed by atoms with E-state index in [1.165, 1.54) is 13.4 Å². The Labute approximate surface area is 113 Å². The van der Waals surface area contributed by atoms with E-state index in [-0.39, 0.29) is 5.69 Å². The van der Waals surface area contributed by atoms with Gasteiger partial charge in [0.05, 0.1) is 0 Å². The van der Waals surface area contributed by atoms with E-state index in [1.54, 1.807) is 16.7 Å². The molecular weight excluding hydrogens is 260 g/mol. The van der Waals surface area contributed by atoms with E-state index < -0.39 is 11.6 Å². The second kappa shape index (κ2) is 4.34. The van der Waals surface area contributed by atoms with Gasteiger partial charge in [-0.3, -0.25) is 10.2 Å². The van der Waals surface area contributed by atoms with Crippen molar-refractivity contribution in [3.05, 3.63) is 52.6 Å². The molecule has 0 saturated heterocycles. The van der Waals surface area contributed by atoms with Crippen LogP contribution < -0.4 is 11.1 Å². The van der Waals surface area contributed by atoms with Crippen LogP contribution in [0.4, 0.5) is 0 Å². The van der Waals surface area contributed by atoms with Crippen LogP contribution in [0, 0.1) is 6.92 Å². The van der Waals surface area contributed by atoms with Crippen molar-refractivity contribution < 1.29 is 4.79 Å². The molecule has 0 bridgehead atoms. The summed E-state index contributed by atoms with van der Waals surface area (Å²) < 4.78 is 3.94. The maximum atomic E-state index is 12.1. The molecule has 3 heterocycles. The van der Waals surface area contributed by atoms with Crippen LogP contribution >= 0.6 is 0 Å². The lowest BCUT2D eigenvalue weighted by molar-refractivity contribution is 0.100. The van der Waals surface area contributed by atoms with E-state index in [2.05, 4.69) is 15.5 Å². The molecule has 1 N–H and O–H groups in total. The first kappa shape index (κ1) is 12.2. The van der Waals surface area contributed by atoms with Crippen LogP contribution in [0.3, 0.4) is 0 Å². The highest BCUT2D eigenvalue weighted by atomic mass is 16.2. The van der Waals surface area contributed by atoms with E-state index in [0.717, 1.165) is 15.1 Å². The summed E-state index contributed by atoms with van der Waals surface area (Å²) >= 11 is 0. The zero-order chi connectivity index (χ0) is 14.3. The predicted octanol–water partition coefficient (Wildman–Crippen LogP) is -0.0782. The lowest BCUT2D eigenvalue weighted by atomic mass is 10.4. The van der Waals surface area contributed by atoms with Crippen molar-refractivity contribution in [1.82, 2.24) is 23.8 Å². The molecule has 3 rings (SSSR count). The van der Waals surface area contributed by atoms with E-state index in [9.17, 15) is 9.59 Å². The molecule has 0 aliphatic carbocycles. The van der Waals surface area contributed by atoms with Gasteiger partial charge in [-0.05, 0) is 19.1 Å². The molecule has 1 amide bonds. The van der Waals surface area contributed by atoms with Crippen molar-refractivity contribution in [2.45, 2.75) is 6.92 Å². The fraction of sp³-hybridized carbons (Fsp3) is 0.167. The molecule has 0 spiro atoms. The predicted molar refractivity (Wildman–Crippen MR) is 71.1 cm³/mol. The fourth-order valence-electron chi connectivity index (χ4n) is 1.88. The third-order valence-electron chi connectivity index (χ3n) is 2.97. The molecule has 102 valence electrons. The largest absolute Gasteiger partial charge is 0.364 e. The zero-order valence-electron chi connectivity index (χ0n) is 10.9. The maximum Gasteiger partial charge on any atom is 0.364 e. The normalized spacial score (nSPS) is 10.9. The highest BCUT2D eigenvalue weighted by Gasteiger charge is 2.13. The number of aromatic nitrogens is 5. The molecule has 3 aromatic rings. The first-order chi connectivity index (χ1) is 9.56. The number of rotatable bonds is 2. The Bertz CT molecular complexity index is 856. The number of nitrogens with zero attached hydrogens (tertiary/aromatic N) is 5. The van der Waals surface area contributed by atoms with Crippen LogP contribution in [-0.2, 0) is 7.05 Å². The summed E-state index contributed by atoms with van der Waals surface area (Å²) in [5.41, 5.74) is 3.87. The second-order valence-corrected chi connectivity index (χ2v) is 4.37. The number of hydrogen-bond acceptors (Lipinski definition) is 4. The number of fused-ring (bicyclic) bond motifs is 1. The van der Waals surface area contributed by atoms with E-state index in [0.29, 0.717) is 5.65 Å². The summed E-state index contributed by atoms with van der Waals surface area (Å²) in [5.74, 6) is -0.469. The van der Waals surface area contributed by atoms with Gasteiger partial charge in [-0.2, -0.15) is 9.77 Å². The Hall–Kier alpha value is -2.90. The molecule has 0 saturated carbocycles. The number of hydrogen-bond donors (Lipinski definition) is 1. The van der Waals surface area contributed by atoms with Crippen molar-refractivity contribution in [1.29, 1.82) is 0 Å². The van der Waals surface area contributed by atoms with Gasteiger partial charge in [0, 0.05) is 18.9 Å². The molecule has 3 aromatic heterocycles.